The van der Waals surface area contributed by atoms with Crippen molar-refractivity contribution < 1.29 is 9.59 Å². The molecule has 0 unspecified atom stereocenters. The van der Waals surface area contributed by atoms with Gasteiger partial charge in [0.05, 0.1) is 0 Å². The highest BCUT2D eigenvalue weighted by molar-refractivity contribution is 5.80. The van der Waals surface area contributed by atoms with E-state index in [4.69, 9.17) is 0 Å². The zero-order valence-electron chi connectivity index (χ0n) is 12.6. The highest BCUT2D eigenvalue weighted by Crippen LogP contribution is 2.14. The zero-order chi connectivity index (χ0) is 15.5. The topological polar surface area (TPSA) is 77.2 Å². The van der Waals surface area contributed by atoms with Gasteiger partial charge in [-0.2, -0.15) is 0 Å². The van der Waals surface area contributed by atoms with Crippen LogP contribution in [0.2, 0.25) is 0 Å². The Hall–Kier alpha value is -2.50. The van der Waals surface area contributed by atoms with Crippen LogP contribution in [0.3, 0.4) is 0 Å². The molecule has 1 atom stereocenters. The summed E-state index contributed by atoms with van der Waals surface area (Å²) in [6.45, 7) is 3.24. The van der Waals surface area contributed by atoms with Crippen molar-refractivity contribution >= 4 is 22.8 Å². The lowest BCUT2D eigenvalue weighted by atomic mass is 10.1. The number of aromatic amines is 1. The number of benzene rings is 1. The maximum atomic E-state index is 12.2. The molecular formula is C16H20N4O2. The standard InChI is InChI=1S/C16H20N4O2/c1-11(21)19-14-5-7-20(10-14)16(22)18-9-12-2-3-13-4-6-17-15(13)8-12/h2-4,6,8,14,17H,5,7,9-10H2,1H3,(H,18,22)(H,19,21)/t14-/m0/s1. The normalized spacial score (nSPS) is 17.7. The van der Waals surface area contributed by atoms with Crippen LogP contribution < -0.4 is 10.6 Å². The van der Waals surface area contributed by atoms with Crippen LogP contribution in [-0.4, -0.2) is 41.0 Å². The summed E-state index contributed by atoms with van der Waals surface area (Å²) in [6.07, 6.45) is 2.71. The van der Waals surface area contributed by atoms with E-state index in [0.717, 1.165) is 22.9 Å². The van der Waals surface area contributed by atoms with E-state index in [2.05, 4.69) is 15.6 Å². The van der Waals surface area contributed by atoms with Gasteiger partial charge in [0.1, 0.15) is 0 Å². The molecule has 1 aromatic heterocycles. The van der Waals surface area contributed by atoms with E-state index < -0.39 is 0 Å². The molecule has 6 nitrogen and oxygen atoms in total. The van der Waals surface area contributed by atoms with E-state index in [1.54, 1.807) is 4.90 Å². The molecule has 6 heteroatoms. The first kappa shape index (κ1) is 14.4. The third-order valence-electron chi connectivity index (χ3n) is 3.95. The highest BCUT2D eigenvalue weighted by atomic mass is 16.2. The van der Waals surface area contributed by atoms with E-state index in [0.29, 0.717) is 19.6 Å². The zero-order valence-corrected chi connectivity index (χ0v) is 12.6. The smallest absolute Gasteiger partial charge is 0.317 e. The highest BCUT2D eigenvalue weighted by Gasteiger charge is 2.26. The molecule has 22 heavy (non-hydrogen) atoms. The number of urea groups is 1. The molecule has 1 aromatic carbocycles. The lowest BCUT2D eigenvalue weighted by Crippen LogP contribution is -2.41. The van der Waals surface area contributed by atoms with E-state index in [1.165, 1.54) is 6.92 Å². The van der Waals surface area contributed by atoms with Crippen LogP contribution >= 0.6 is 0 Å². The van der Waals surface area contributed by atoms with Gasteiger partial charge < -0.3 is 20.5 Å². The fraction of sp³-hybridized carbons (Fsp3) is 0.375. The molecule has 0 aliphatic carbocycles. The van der Waals surface area contributed by atoms with Gasteiger partial charge in [0.2, 0.25) is 5.91 Å². The lowest BCUT2D eigenvalue weighted by Gasteiger charge is -2.17. The van der Waals surface area contributed by atoms with E-state index >= 15 is 0 Å². The first-order chi connectivity index (χ1) is 10.6. The Labute approximate surface area is 128 Å². The fourth-order valence-corrected chi connectivity index (χ4v) is 2.84. The van der Waals surface area contributed by atoms with Gasteiger partial charge in [-0.1, -0.05) is 12.1 Å². The molecule has 1 aliphatic rings. The molecule has 0 spiro atoms. The van der Waals surface area contributed by atoms with Crippen molar-refractivity contribution in [3.05, 3.63) is 36.0 Å². The van der Waals surface area contributed by atoms with Crippen LogP contribution in [0, 0.1) is 0 Å². The molecular weight excluding hydrogens is 280 g/mol. The predicted octanol–water partition coefficient (Wildman–Crippen LogP) is 1.59. The average molecular weight is 300 g/mol. The molecule has 2 heterocycles. The summed E-state index contributed by atoms with van der Waals surface area (Å²) in [5.74, 6) is -0.0495. The summed E-state index contributed by atoms with van der Waals surface area (Å²) in [6, 6.07) is 8.10. The molecule has 0 bridgehead atoms. The number of carbonyl (C=O) groups is 2. The number of hydrogen-bond donors (Lipinski definition) is 3. The minimum Gasteiger partial charge on any atom is -0.361 e. The maximum absolute atomic E-state index is 12.2. The van der Waals surface area contributed by atoms with Gasteiger partial charge in [0.25, 0.3) is 0 Å². The molecule has 1 fully saturated rings. The number of nitrogens with one attached hydrogen (secondary N) is 3. The van der Waals surface area contributed by atoms with Crippen molar-refractivity contribution in [1.29, 1.82) is 0 Å². The molecule has 3 amide bonds. The summed E-state index contributed by atoms with van der Waals surface area (Å²) >= 11 is 0. The average Bonchev–Trinajstić information content (AvgIpc) is 3.12. The molecule has 1 saturated heterocycles. The largest absolute Gasteiger partial charge is 0.361 e. The Morgan fingerprint density at radius 3 is 3.05 bits per heavy atom. The molecule has 3 rings (SSSR count). The fourth-order valence-electron chi connectivity index (χ4n) is 2.84. The first-order valence-electron chi connectivity index (χ1n) is 7.48. The van der Waals surface area contributed by atoms with E-state index in [-0.39, 0.29) is 18.0 Å². The quantitative estimate of drug-likeness (QED) is 0.805. The molecule has 2 aromatic rings. The second-order valence-electron chi connectivity index (χ2n) is 5.69. The van der Waals surface area contributed by atoms with Gasteiger partial charge in [-0.3, -0.25) is 4.79 Å². The number of carbonyl (C=O) groups excluding carboxylic acids is 2. The predicted molar refractivity (Wildman–Crippen MR) is 84.3 cm³/mol. The van der Waals surface area contributed by atoms with Crippen molar-refractivity contribution in [2.75, 3.05) is 13.1 Å². The minimum atomic E-state index is -0.0839. The van der Waals surface area contributed by atoms with Gasteiger partial charge in [0.15, 0.2) is 0 Å². The number of fused-ring (bicyclic) bond motifs is 1. The monoisotopic (exact) mass is 300 g/mol. The van der Waals surface area contributed by atoms with Gasteiger partial charge in [-0.15, -0.1) is 0 Å². The van der Waals surface area contributed by atoms with Crippen molar-refractivity contribution in [3.63, 3.8) is 0 Å². The number of rotatable bonds is 3. The van der Waals surface area contributed by atoms with Crippen molar-refractivity contribution in [3.8, 4) is 0 Å². The molecule has 0 radical (unpaired) electrons. The van der Waals surface area contributed by atoms with Crippen LogP contribution in [-0.2, 0) is 11.3 Å². The van der Waals surface area contributed by atoms with Crippen LogP contribution in [0.25, 0.3) is 10.9 Å². The number of amides is 3. The van der Waals surface area contributed by atoms with Crippen molar-refractivity contribution in [2.45, 2.75) is 25.9 Å². The number of aromatic nitrogens is 1. The summed E-state index contributed by atoms with van der Waals surface area (Å²) < 4.78 is 0. The lowest BCUT2D eigenvalue weighted by molar-refractivity contribution is -0.119. The Morgan fingerprint density at radius 2 is 2.23 bits per heavy atom. The third-order valence-corrected chi connectivity index (χ3v) is 3.95. The summed E-state index contributed by atoms with van der Waals surface area (Å²) in [7, 11) is 0. The molecule has 3 N–H and O–H groups in total. The summed E-state index contributed by atoms with van der Waals surface area (Å²) in [5, 5.41) is 6.94. The van der Waals surface area contributed by atoms with Crippen molar-refractivity contribution in [1.82, 2.24) is 20.5 Å². The summed E-state index contributed by atoms with van der Waals surface area (Å²) in [4.78, 5) is 28.1. The van der Waals surface area contributed by atoms with Crippen LogP contribution in [0.1, 0.15) is 18.9 Å². The summed E-state index contributed by atoms with van der Waals surface area (Å²) in [5.41, 5.74) is 2.12. The van der Waals surface area contributed by atoms with Gasteiger partial charge >= 0.3 is 6.03 Å². The number of H-pyrrole nitrogens is 1. The Balaban J connectivity index is 1.53. The third kappa shape index (κ3) is 3.21. The Kier molecular flexibility index (Phi) is 4.00. The van der Waals surface area contributed by atoms with Gasteiger partial charge in [-0.25, -0.2) is 4.79 Å². The second-order valence-corrected chi connectivity index (χ2v) is 5.69. The second kappa shape index (κ2) is 6.09. The molecule has 116 valence electrons. The Morgan fingerprint density at radius 1 is 1.36 bits per heavy atom. The SMILES string of the molecule is CC(=O)N[C@H]1CCN(C(=O)NCc2ccc3cc[nH]c3c2)C1. The van der Waals surface area contributed by atoms with Crippen LogP contribution in [0.4, 0.5) is 4.79 Å². The van der Waals surface area contributed by atoms with Gasteiger partial charge in [0, 0.05) is 44.3 Å². The number of hydrogen-bond acceptors (Lipinski definition) is 2. The Bertz CT molecular complexity index is 694. The first-order valence-corrected chi connectivity index (χ1v) is 7.48. The molecule has 1 aliphatic heterocycles. The van der Waals surface area contributed by atoms with E-state index in [1.807, 2.05) is 30.5 Å². The van der Waals surface area contributed by atoms with Crippen molar-refractivity contribution in [2.24, 2.45) is 0 Å². The molecule has 0 saturated carbocycles. The van der Waals surface area contributed by atoms with E-state index in [9.17, 15) is 9.59 Å². The number of likely N-dealkylation sites (tertiary alicyclic amines) is 1. The van der Waals surface area contributed by atoms with Crippen LogP contribution in [0.5, 0.6) is 0 Å². The van der Waals surface area contributed by atoms with Gasteiger partial charge in [-0.05, 0) is 29.5 Å². The maximum Gasteiger partial charge on any atom is 0.317 e. The number of nitrogens with zero attached hydrogens (tertiary/aromatic N) is 1. The van der Waals surface area contributed by atoms with Crippen LogP contribution in [0.15, 0.2) is 30.5 Å². The minimum absolute atomic E-state index is 0.0495.